The molecule has 0 aliphatic carbocycles. The third kappa shape index (κ3) is 3.54. The molecule has 92 valence electrons. The van der Waals surface area contributed by atoms with E-state index in [4.69, 9.17) is 0 Å². The molecule has 3 heteroatoms. The molecule has 0 aromatic carbocycles. The predicted molar refractivity (Wildman–Crippen MR) is 69.9 cm³/mol. The van der Waals surface area contributed by atoms with Crippen LogP contribution in [0.3, 0.4) is 0 Å². The van der Waals surface area contributed by atoms with Crippen molar-refractivity contribution in [3.8, 4) is 0 Å². The van der Waals surface area contributed by atoms with E-state index in [9.17, 15) is 0 Å². The monoisotopic (exact) mass is 223 g/mol. The maximum Gasteiger partial charge on any atom is 0.128 e. The topological polar surface area (TPSA) is 21.1 Å². The van der Waals surface area contributed by atoms with E-state index in [2.05, 4.69) is 35.2 Å². The minimum atomic E-state index is 1.07. The van der Waals surface area contributed by atoms with E-state index in [-0.39, 0.29) is 0 Å². The molecule has 0 saturated carbocycles. The lowest BCUT2D eigenvalue weighted by atomic mass is 10.3. The second kappa shape index (κ2) is 7.31. The fourth-order valence-corrected chi connectivity index (χ4v) is 1.95. The third-order valence-electron chi connectivity index (χ3n) is 2.75. The number of imidazole rings is 1. The summed E-state index contributed by atoms with van der Waals surface area (Å²) in [6, 6.07) is 0. The summed E-state index contributed by atoms with van der Waals surface area (Å²) in [6.07, 6.45) is 8.83. The lowest BCUT2D eigenvalue weighted by Crippen LogP contribution is -2.27. The van der Waals surface area contributed by atoms with Gasteiger partial charge < -0.3 is 9.47 Å². The molecule has 0 radical (unpaired) electrons. The second-order valence-corrected chi connectivity index (χ2v) is 4.29. The lowest BCUT2D eigenvalue weighted by molar-refractivity contribution is 0.633. The minimum Gasteiger partial charge on any atom is -0.357 e. The highest BCUT2D eigenvalue weighted by Crippen LogP contribution is 2.15. The fraction of sp³-hybridized carbons (Fsp3) is 0.769. The van der Waals surface area contributed by atoms with Crippen LogP contribution in [0.5, 0.6) is 0 Å². The molecule has 16 heavy (non-hydrogen) atoms. The molecule has 1 heterocycles. The van der Waals surface area contributed by atoms with E-state index in [1.54, 1.807) is 0 Å². The molecule has 0 unspecified atom stereocenters. The Bertz CT molecular complexity index is 280. The van der Waals surface area contributed by atoms with Gasteiger partial charge >= 0.3 is 0 Å². The average Bonchev–Trinajstić information content (AvgIpc) is 2.73. The zero-order valence-corrected chi connectivity index (χ0v) is 10.9. The van der Waals surface area contributed by atoms with Gasteiger partial charge in [0.1, 0.15) is 5.82 Å². The Labute approximate surface area is 99.5 Å². The molecule has 0 aliphatic rings. The summed E-state index contributed by atoms with van der Waals surface area (Å²) in [7, 11) is 0. The number of aromatic nitrogens is 2. The van der Waals surface area contributed by atoms with Crippen LogP contribution in [0.25, 0.3) is 0 Å². The van der Waals surface area contributed by atoms with Gasteiger partial charge in [0.05, 0.1) is 12.5 Å². The summed E-state index contributed by atoms with van der Waals surface area (Å²) < 4.78 is 2.27. The summed E-state index contributed by atoms with van der Waals surface area (Å²) in [6.45, 7) is 10.0. The van der Waals surface area contributed by atoms with Gasteiger partial charge in [-0.25, -0.2) is 4.98 Å². The van der Waals surface area contributed by atoms with Crippen molar-refractivity contribution in [2.45, 2.75) is 53.0 Å². The highest BCUT2D eigenvalue weighted by Gasteiger charge is 2.09. The molecule has 0 spiro atoms. The van der Waals surface area contributed by atoms with E-state index in [0.717, 1.165) is 26.1 Å². The number of unbranched alkanes of at least 4 members (excludes halogenated alkanes) is 1. The van der Waals surface area contributed by atoms with Crippen molar-refractivity contribution in [1.29, 1.82) is 0 Å². The Morgan fingerprint density at radius 3 is 2.56 bits per heavy atom. The number of rotatable bonds is 8. The van der Waals surface area contributed by atoms with Gasteiger partial charge in [0, 0.05) is 19.6 Å². The summed E-state index contributed by atoms with van der Waals surface area (Å²) in [4.78, 5) is 6.74. The molecular weight excluding hydrogens is 198 g/mol. The Balaban J connectivity index is 2.70. The van der Waals surface area contributed by atoms with Crippen LogP contribution in [0.4, 0.5) is 5.82 Å². The maximum absolute atomic E-state index is 4.27. The molecule has 0 saturated heterocycles. The Kier molecular flexibility index (Phi) is 5.98. The molecule has 0 fully saturated rings. The zero-order chi connectivity index (χ0) is 11.8. The van der Waals surface area contributed by atoms with Crippen LogP contribution in [0.1, 0.15) is 46.5 Å². The molecule has 1 rings (SSSR count). The van der Waals surface area contributed by atoms with E-state index >= 15 is 0 Å². The number of hydrogen-bond acceptors (Lipinski definition) is 2. The first-order valence-corrected chi connectivity index (χ1v) is 6.58. The third-order valence-corrected chi connectivity index (χ3v) is 2.75. The van der Waals surface area contributed by atoms with Crippen molar-refractivity contribution in [1.82, 2.24) is 9.55 Å². The SMILES string of the molecule is CCCCN(CCC)c1cncn1CCC. The molecule has 0 atom stereocenters. The lowest BCUT2D eigenvalue weighted by Gasteiger charge is -2.24. The molecule has 1 aromatic rings. The summed E-state index contributed by atoms with van der Waals surface area (Å²) in [5.41, 5.74) is 0. The normalized spacial score (nSPS) is 10.7. The first kappa shape index (κ1) is 13.1. The van der Waals surface area contributed by atoms with Crippen LogP contribution in [0.15, 0.2) is 12.5 Å². The van der Waals surface area contributed by atoms with Crippen LogP contribution in [0, 0.1) is 0 Å². The van der Waals surface area contributed by atoms with E-state index in [1.165, 1.54) is 25.1 Å². The Morgan fingerprint density at radius 2 is 1.94 bits per heavy atom. The van der Waals surface area contributed by atoms with Gasteiger partial charge in [0.15, 0.2) is 0 Å². The molecule has 1 aromatic heterocycles. The molecule has 0 aliphatic heterocycles. The van der Waals surface area contributed by atoms with Crippen molar-refractivity contribution in [3.63, 3.8) is 0 Å². The van der Waals surface area contributed by atoms with Crippen molar-refractivity contribution in [2.75, 3.05) is 18.0 Å². The standard InChI is InChI=1S/C13H25N3/c1-4-7-10-15(8-5-2)13-11-14-12-16(13)9-6-3/h11-12H,4-10H2,1-3H3. The van der Waals surface area contributed by atoms with Gasteiger partial charge in [-0.1, -0.05) is 27.2 Å². The van der Waals surface area contributed by atoms with Crippen molar-refractivity contribution in [3.05, 3.63) is 12.5 Å². The van der Waals surface area contributed by atoms with E-state index in [1.807, 2.05) is 12.5 Å². The van der Waals surface area contributed by atoms with Gasteiger partial charge in [0.25, 0.3) is 0 Å². The predicted octanol–water partition coefficient (Wildman–Crippen LogP) is 3.31. The zero-order valence-electron chi connectivity index (χ0n) is 10.9. The Morgan fingerprint density at radius 1 is 1.12 bits per heavy atom. The Hall–Kier alpha value is -0.990. The van der Waals surface area contributed by atoms with Gasteiger partial charge in [-0.15, -0.1) is 0 Å². The number of aryl methyl sites for hydroxylation is 1. The highest BCUT2D eigenvalue weighted by molar-refractivity contribution is 5.37. The van der Waals surface area contributed by atoms with Crippen LogP contribution in [-0.4, -0.2) is 22.6 Å². The van der Waals surface area contributed by atoms with Crippen LogP contribution in [0.2, 0.25) is 0 Å². The highest BCUT2D eigenvalue weighted by atomic mass is 15.3. The van der Waals surface area contributed by atoms with E-state index < -0.39 is 0 Å². The second-order valence-electron chi connectivity index (χ2n) is 4.29. The fourth-order valence-electron chi connectivity index (χ4n) is 1.95. The quantitative estimate of drug-likeness (QED) is 0.674. The van der Waals surface area contributed by atoms with Crippen LogP contribution < -0.4 is 4.90 Å². The number of anilines is 1. The van der Waals surface area contributed by atoms with Gasteiger partial charge in [-0.05, 0) is 19.3 Å². The summed E-state index contributed by atoms with van der Waals surface area (Å²) in [5.74, 6) is 1.29. The van der Waals surface area contributed by atoms with Crippen molar-refractivity contribution < 1.29 is 0 Å². The van der Waals surface area contributed by atoms with Crippen molar-refractivity contribution in [2.24, 2.45) is 0 Å². The molecule has 0 bridgehead atoms. The van der Waals surface area contributed by atoms with Crippen LogP contribution in [-0.2, 0) is 6.54 Å². The summed E-state index contributed by atoms with van der Waals surface area (Å²) >= 11 is 0. The van der Waals surface area contributed by atoms with Gasteiger partial charge in [-0.2, -0.15) is 0 Å². The molecule has 3 nitrogen and oxygen atoms in total. The number of hydrogen-bond donors (Lipinski definition) is 0. The van der Waals surface area contributed by atoms with Gasteiger partial charge in [0.2, 0.25) is 0 Å². The minimum absolute atomic E-state index is 1.07. The average molecular weight is 223 g/mol. The molecular formula is C13H25N3. The smallest absolute Gasteiger partial charge is 0.128 e. The first-order valence-electron chi connectivity index (χ1n) is 6.58. The molecule has 0 N–H and O–H groups in total. The van der Waals surface area contributed by atoms with Crippen LogP contribution >= 0.6 is 0 Å². The molecule has 0 amide bonds. The van der Waals surface area contributed by atoms with E-state index in [0.29, 0.717) is 0 Å². The van der Waals surface area contributed by atoms with Gasteiger partial charge in [-0.3, -0.25) is 0 Å². The summed E-state index contributed by atoms with van der Waals surface area (Å²) in [5, 5.41) is 0. The largest absolute Gasteiger partial charge is 0.357 e. The first-order chi connectivity index (χ1) is 7.83. The van der Waals surface area contributed by atoms with Crippen molar-refractivity contribution >= 4 is 5.82 Å². The number of nitrogens with zero attached hydrogens (tertiary/aromatic N) is 3. The maximum atomic E-state index is 4.27.